The molecule has 2 heterocycles. The molecule has 1 amide bonds. The van der Waals surface area contributed by atoms with E-state index in [0.717, 1.165) is 22.4 Å². The van der Waals surface area contributed by atoms with Crippen LogP contribution in [0.15, 0.2) is 71.8 Å². The Hall–Kier alpha value is -3.80. The van der Waals surface area contributed by atoms with E-state index in [-0.39, 0.29) is 18.7 Å². The average Bonchev–Trinajstić information content (AvgIpc) is 3.17. The van der Waals surface area contributed by atoms with Gasteiger partial charge in [-0.15, -0.1) is 0 Å². The molecule has 6 heteroatoms. The molecule has 3 aromatic rings. The molecule has 30 heavy (non-hydrogen) atoms. The second-order valence-corrected chi connectivity index (χ2v) is 7.50. The SMILES string of the molecule is C[C@@H]1Cc2cc3c(cc2C(c2ccc(N)cc2)=NN1C(=O)c1ccccc1)OCO3. The summed E-state index contributed by atoms with van der Waals surface area (Å²) in [5.74, 6) is 1.27. The fourth-order valence-electron chi connectivity index (χ4n) is 3.85. The molecule has 2 aliphatic rings. The number of fused-ring (bicyclic) bond motifs is 2. The molecule has 6 nitrogen and oxygen atoms in total. The number of anilines is 1. The molecule has 5 rings (SSSR count). The van der Waals surface area contributed by atoms with Crippen molar-refractivity contribution >= 4 is 17.3 Å². The number of hydrogen-bond acceptors (Lipinski definition) is 5. The van der Waals surface area contributed by atoms with Gasteiger partial charge in [0.05, 0.1) is 11.8 Å². The third-order valence-electron chi connectivity index (χ3n) is 5.41. The van der Waals surface area contributed by atoms with Gasteiger partial charge in [0.25, 0.3) is 5.91 Å². The number of hydrazone groups is 1. The predicted octanol–water partition coefficient (Wildman–Crippen LogP) is 3.84. The van der Waals surface area contributed by atoms with E-state index >= 15 is 0 Å². The van der Waals surface area contributed by atoms with Crippen molar-refractivity contribution in [3.8, 4) is 11.5 Å². The van der Waals surface area contributed by atoms with Crippen LogP contribution in [-0.2, 0) is 6.42 Å². The van der Waals surface area contributed by atoms with Gasteiger partial charge in [-0.2, -0.15) is 5.10 Å². The largest absolute Gasteiger partial charge is 0.454 e. The first kappa shape index (κ1) is 18.2. The van der Waals surface area contributed by atoms with Gasteiger partial charge in [-0.25, -0.2) is 5.01 Å². The second kappa shape index (κ2) is 7.22. The number of rotatable bonds is 2. The molecule has 0 aliphatic carbocycles. The number of carbonyl (C=O) groups is 1. The Morgan fingerprint density at radius 3 is 2.47 bits per heavy atom. The average molecular weight is 399 g/mol. The van der Waals surface area contributed by atoms with Crippen molar-refractivity contribution < 1.29 is 14.3 Å². The molecule has 3 aromatic carbocycles. The van der Waals surface area contributed by atoms with Crippen molar-refractivity contribution in [3.63, 3.8) is 0 Å². The van der Waals surface area contributed by atoms with E-state index in [9.17, 15) is 4.79 Å². The van der Waals surface area contributed by atoms with Crippen molar-refractivity contribution in [2.75, 3.05) is 12.5 Å². The number of nitrogens with zero attached hydrogens (tertiary/aromatic N) is 2. The van der Waals surface area contributed by atoms with E-state index in [4.69, 9.17) is 20.3 Å². The highest BCUT2D eigenvalue weighted by atomic mass is 16.7. The normalized spacial score (nSPS) is 17.2. The molecule has 150 valence electrons. The summed E-state index contributed by atoms with van der Waals surface area (Å²) in [7, 11) is 0. The van der Waals surface area contributed by atoms with Gasteiger partial charge in [0, 0.05) is 22.4 Å². The molecule has 0 bridgehead atoms. The Kier molecular flexibility index (Phi) is 4.39. The lowest BCUT2D eigenvalue weighted by atomic mass is 9.94. The minimum Gasteiger partial charge on any atom is -0.454 e. The minimum atomic E-state index is -0.136. The summed E-state index contributed by atoms with van der Waals surface area (Å²) in [6, 6.07) is 20.5. The number of amides is 1. The van der Waals surface area contributed by atoms with Crippen LogP contribution in [0.2, 0.25) is 0 Å². The van der Waals surface area contributed by atoms with Crippen LogP contribution in [0.1, 0.15) is 34.0 Å². The maximum absolute atomic E-state index is 13.3. The maximum atomic E-state index is 13.3. The van der Waals surface area contributed by atoms with Gasteiger partial charge >= 0.3 is 0 Å². The lowest BCUT2D eigenvalue weighted by Crippen LogP contribution is -2.35. The molecule has 0 saturated carbocycles. The molecular formula is C24H21N3O3. The Morgan fingerprint density at radius 1 is 1.03 bits per heavy atom. The van der Waals surface area contributed by atoms with Crippen molar-refractivity contribution in [3.05, 3.63) is 89.0 Å². The lowest BCUT2D eigenvalue weighted by Gasteiger charge is -2.23. The highest BCUT2D eigenvalue weighted by molar-refractivity contribution is 6.15. The number of ether oxygens (including phenoxy) is 2. The monoisotopic (exact) mass is 399 g/mol. The second-order valence-electron chi connectivity index (χ2n) is 7.50. The summed E-state index contributed by atoms with van der Waals surface area (Å²) in [5.41, 5.74) is 10.7. The van der Waals surface area contributed by atoms with Crippen molar-refractivity contribution in [2.45, 2.75) is 19.4 Å². The summed E-state index contributed by atoms with van der Waals surface area (Å²) < 4.78 is 11.2. The molecule has 0 unspecified atom stereocenters. The number of benzene rings is 3. The van der Waals surface area contributed by atoms with E-state index in [0.29, 0.717) is 29.1 Å². The van der Waals surface area contributed by atoms with Gasteiger partial charge in [0.1, 0.15) is 0 Å². The van der Waals surface area contributed by atoms with Gasteiger partial charge in [-0.05, 0) is 55.3 Å². The van der Waals surface area contributed by atoms with Gasteiger partial charge in [-0.3, -0.25) is 4.79 Å². The zero-order valence-electron chi connectivity index (χ0n) is 16.5. The highest BCUT2D eigenvalue weighted by Gasteiger charge is 2.30. The molecule has 0 aromatic heterocycles. The number of nitrogens with two attached hydrogens (primary N) is 1. The Bertz CT molecular complexity index is 1140. The fraction of sp³-hybridized carbons (Fsp3) is 0.167. The number of hydrogen-bond donors (Lipinski definition) is 1. The Morgan fingerprint density at radius 2 is 1.73 bits per heavy atom. The van der Waals surface area contributed by atoms with E-state index in [1.807, 2.05) is 73.7 Å². The van der Waals surface area contributed by atoms with Crippen molar-refractivity contribution in [2.24, 2.45) is 5.10 Å². The smallest absolute Gasteiger partial charge is 0.274 e. The van der Waals surface area contributed by atoms with Crippen LogP contribution in [-0.4, -0.2) is 29.5 Å². The van der Waals surface area contributed by atoms with E-state index in [2.05, 4.69) is 0 Å². The summed E-state index contributed by atoms with van der Waals surface area (Å²) in [6.07, 6.45) is 0.645. The number of nitrogen functional groups attached to an aromatic ring is 1. The van der Waals surface area contributed by atoms with Crippen molar-refractivity contribution in [1.29, 1.82) is 0 Å². The van der Waals surface area contributed by atoms with Crippen LogP contribution in [0.5, 0.6) is 11.5 Å². The third kappa shape index (κ3) is 3.16. The van der Waals surface area contributed by atoms with Gasteiger partial charge < -0.3 is 15.2 Å². The quantitative estimate of drug-likeness (QED) is 0.665. The van der Waals surface area contributed by atoms with Crippen LogP contribution in [0, 0.1) is 0 Å². The van der Waals surface area contributed by atoms with E-state index in [1.165, 1.54) is 0 Å². The first-order valence-corrected chi connectivity index (χ1v) is 9.86. The van der Waals surface area contributed by atoms with Gasteiger partial charge in [-0.1, -0.05) is 30.3 Å². The summed E-state index contributed by atoms with van der Waals surface area (Å²) in [6.45, 7) is 2.21. The summed E-state index contributed by atoms with van der Waals surface area (Å²) >= 11 is 0. The third-order valence-corrected chi connectivity index (χ3v) is 5.41. The van der Waals surface area contributed by atoms with Crippen LogP contribution in [0.4, 0.5) is 5.69 Å². The maximum Gasteiger partial charge on any atom is 0.274 e. The molecular weight excluding hydrogens is 378 g/mol. The zero-order chi connectivity index (χ0) is 20.7. The lowest BCUT2D eigenvalue weighted by molar-refractivity contribution is 0.0701. The Balaban J connectivity index is 1.67. The van der Waals surface area contributed by atoms with E-state index in [1.54, 1.807) is 5.01 Å². The molecule has 0 fully saturated rings. The standard InChI is InChI=1S/C24H21N3O3/c1-15-11-18-12-21-22(30-14-29-21)13-20(18)23(16-7-9-19(25)10-8-16)26-27(15)24(28)17-5-3-2-4-6-17/h2-10,12-13,15H,11,14,25H2,1H3/t15-/m1/s1. The molecule has 2 N–H and O–H groups in total. The van der Waals surface area contributed by atoms with Crippen LogP contribution < -0.4 is 15.2 Å². The first-order valence-electron chi connectivity index (χ1n) is 9.86. The summed E-state index contributed by atoms with van der Waals surface area (Å²) in [4.78, 5) is 13.3. The molecule has 1 atom stereocenters. The van der Waals surface area contributed by atoms with Crippen LogP contribution in [0.3, 0.4) is 0 Å². The van der Waals surface area contributed by atoms with Crippen LogP contribution >= 0.6 is 0 Å². The summed E-state index contributed by atoms with van der Waals surface area (Å²) in [5, 5.41) is 6.44. The topological polar surface area (TPSA) is 77.2 Å². The molecule has 0 spiro atoms. The zero-order valence-corrected chi connectivity index (χ0v) is 16.5. The molecule has 0 saturated heterocycles. The fourth-order valence-corrected chi connectivity index (χ4v) is 3.85. The predicted molar refractivity (Wildman–Crippen MR) is 115 cm³/mol. The minimum absolute atomic E-state index is 0.135. The highest BCUT2D eigenvalue weighted by Crippen LogP contribution is 2.37. The Labute approximate surface area is 174 Å². The van der Waals surface area contributed by atoms with Gasteiger partial charge in [0.2, 0.25) is 6.79 Å². The van der Waals surface area contributed by atoms with Crippen LogP contribution in [0.25, 0.3) is 0 Å². The van der Waals surface area contributed by atoms with Gasteiger partial charge in [0.15, 0.2) is 11.5 Å². The number of carbonyl (C=O) groups excluding carboxylic acids is 1. The van der Waals surface area contributed by atoms with Crippen molar-refractivity contribution in [1.82, 2.24) is 5.01 Å². The molecule has 2 aliphatic heterocycles. The molecule has 0 radical (unpaired) electrons. The first-order chi connectivity index (χ1) is 14.6. The van der Waals surface area contributed by atoms with E-state index < -0.39 is 0 Å².